The highest BCUT2D eigenvalue weighted by Crippen LogP contribution is 2.20. The second kappa shape index (κ2) is 5.69. The van der Waals surface area contributed by atoms with E-state index in [1.165, 1.54) is 12.1 Å². The number of ether oxygens (including phenoxy) is 1. The molecule has 0 saturated heterocycles. The van der Waals surface area contributed by atoms with E-state index in [1.807, 2.05) is 18.2 Å². The molecule has 110 valence electrons. The maximum absolute atomic E-state index is 11.9. The number of esters is 1. The number of fused-ring (bicyclic) bond motifs is 1. The number of hydrogen-bond acceptors (Lipinski definition) is 5. The Hall–Kier alpha value is -3.15. The summed E-state index contributed by atoms with van der Waals surface area (Å²) in [6, 6.07) is 14.7. The Bertz CT molecular complexity index is 802. The number of furan rings is 1. The van der Waals surface area contributed by atoms with Gasteiger partial charge in [-0.05, 0) is 29.8 Å². The fourth-order valence-corrected chi connectivity index (χ4v) is 2.02. The Morgan fingerprint density at radius 3 is 2.55 bits per heavy atom. The summed E-state index contributed by atoms with van der Waals surface area (Å²) < 4.78 is 10.5. The minimum absolute atomic E-state index is 0.00707. The molecule has 0 aliphatic carbocycles. The summed E-state index contributed by atoms with van der Waals surface area (Å²) in [7, 11) is 0. The summed E-state index contributed by atoms with van der Waals surface area (Å²) in [5.74, 6) is -0.447. The van der Waals surface area contributed by atoms with Crippen molar-refractivity contribution in [3.05, 3.63) is 76.0 Å². The Balaban J connectivity index is 1.67. The lowest BCUT2D eigenvalue weighted by atomic mass is 10.2. The predicted octanol–water partition coefficient (Wildman–Crippen LogP) is 3.70. The van der Waals surface area contributed by atoms with Gasteiger partial charge in [0.1, 0.15) is 12.2 Å². The summed E-state index contributed by atoms with van der Waals surface area (Å²) in [4.78, 5) is 22.0. The van der Waals surface area contributed by atoms with Gasteiger partial charge < -0.3 is 9.15 Å². The Labute approximate surface area is 125 Å². The topological polar surface area (TPSA) is 82.6 Å². The Morgan fingerprint density at radius 2 is 1.86 bits per heavy atom. The lowest BCUT2D eigenvalue weighted by molar-refractivity contribution is -0.384. The van der Waals surface area contributed by atoms with Crippen LogP contribution in [0.5, 0.6) is 0 Å². The largest absolute Gasteiger partial charge is 0.455 e. The number of benzene rings is 2. The smallest absolute Gasteiger partial charge is 0.374 e. The van der Waals surface area contributed by atoms with Crippen LogP contribution in [-0.2, 0) is 11.3 Å². The molecule has 3 rings (SSSR count). The highest BCUT2D eigenvalue weighted by Gasteiger charge is 2.14. The van der Waals surface area contributed by atoms with Crippen LogP contribution >= 0.6 is 0 Å². The van der Waals surface area contributed by atoms with Gasteiger partial charge in [0, 0.05) is 17.5 Å². The van der Waals surface area contributed by atoms with Crippen molar-refractivity contribution in [2.45, 2.75) is 6.61 Å². The maximum Gasteiger partial charge on any atom is 0.374 e. The minimum Gasteiger partial charge on any atom is -0.455 e. The number of non-ortho nitro benzene ring substituents is 1. The van der Waals surface area contributed by atoms with Gasteiger partial charge in [0.25, 0.3) is 5.69 Å². The van der Waals surface area contributed by atoms with E-state index in [-0.39, 0.29) is 18.1 Å². The lowest BCUT2D eigenvalue weighted by Crippen LogP contribution is -2.03. The average molecular weight is 297 g/mol. The Kier molecular flexibility index (Phi) is 3.57. The fourth-order valence-electron chi connectivity index (χ4n) is 2.02. The van der Waals surface area contributed by atoms with E-state index in [2.05, 4.69) is 0 Å². The number of carbonyl (C=O) groups excluding carboxylic acids is 1. The SMILES string of the molecule is O=C(OCc1ccc([N+](=O)[O-])cc1)c1cc2ccccc2o1. The number of hydrogen-bond donors (Lipinski definition) is 0. The predicted molar refractivity (Wildman–Crippen MR) is 78.4 cm³/mol. The van der Waals surface area contributed by atoms with Crippen molar-refractivity contribution < 1.29 is 18.9 Å². The van der Waals surface area contributed by atoms with Crippen molar-refractivity contribution >= 4 is 22.6 Å². The molecule has 0 bridgehead atoms. The summed E-state index contributed by atoms with van der Waals surface area (Å²) in [5.41, 5.74) is 1.27. The molecule has 1 aromatic heterocycles. The number of nitro benzene ring substituents is 1. The molecule has 0 N–H and O–H groups in total. The van der Waals surface area contributed by atoms with E-state index in [4.69, 9.17) is 9.15 Å². The normalized spacial score (nSPS) is 10.5. The molecule has 0 saturated carbocycles. The maximum atomic E-state index is 11.9. The standard InChI is InChI=1S/C16H11NO5/c18-16(15-9-12-3-1-2-4-14(12)22-15)21-10-11-5-7-13(8-6-11)17(19)20/h1-9H,10H2. The van der Waals surface area contributed by atoms with E-state index in [9.17, 15) is 14.9 Å². The molecule has 0 spiro atoms. The molecular weight excluding hydrogens is 286 g/mol. The number of nitro groups is 1. The van der Waals surface area contributed by atoms with Crippen LogP contribution in [-0.4, -0.2) is 10.9 Å². The zero-order valence-corrected chi connectivity index (χ0v) is 11.4. The molecule has 0 aliphatic rings. The molecule has 6 heteroatoms. The van der Waals surface area contributed by atoms with Gasteiger partial charge in [-0.2, -0.15) is 0 Å². The second-order valence-electron chi connectivity index (χ2n) is 4.65. The third-order valence-electron chi connectivity index (χ3n) is 3.14. The first kappa shape index (κ1) is 13.8. The zero-order valence-electron chi connectivity index (χ0n) is 11.4. The molecule has 22 heavy (non-hydrogen) atoms. The van der Waals surface area contributed by atoms with Gasteiger partial charge in [0.15, 0.2) is 0 Å². The number of nitrogens with zero attached hydrogens (tertiary/aromatic N) is 1. The van der Waals surface area contributed by atoms with E-state index in [0.717, 1.165) is 5.39 Å². The van der Waals surface area contributed by atoms with Crippen molar-refractivity contribution in [3.63, 3.8) is 0 Å². The van der Waals surface area contributed by atoms with Crippen LogP contribution in [0.15, 0.2) is 59.0 Å². The molecule has 0 amide bonds. The molecular formula is C16H11NO5. The van der Waals surface area contributed by atoms with E-state index >= 15 is 0 Å². The summed E-state index contributed by atoms with van der Waals surface area (Å²) in [5, 5.41) is 11.4. The van der Waals surface area contributed by atoms with Crippen molar-refractivity contribution in [1.29, 1.82) is 0 Å². The third kappa shape index (κ3) is 2.80. The average Bonchev–Trinajstić information content (AvgIpc) is 2.97. The highest BCUT2D eigenvalue weighted by atomic mass is 16.6. The molecule has 1 heterocycles. The molecule has 6 nitrogen and oxygen atoms in total. The summed E-state index contributed by atoms with van der Waals surface area (Å²) in [6.07, 6.45) is 0. The number of rotatable bonds is 4. The van der Waals surface area contributed by atoms with Crippen molar-refractivity contribution in [1.82, 2.24) is 0 Å². The molecule has 0 unspecified atom stereocenters. The number of carbonyl (C=O) groups is 1. The van der Waals surface area contributed by atoms with E-state index in [1.54, 1.807) is 24.3 Å². The first-order valence-electron chi connectivity index (χ1n) is 6.52. The van der Waals surface area contributed by atoms with Crippen molar-refractivity contribution in [2.75, 3.05) is 0 Å². The van der Waals surface area contributed by atoms with Crippen LogP contribution in [0.3, 0.4) is 0 Å². The molecule has 0 aliphatic heterocycles. The monoisotopic (exact) mass is 297 g/mol. The molecule has 3 aromatic rings. The Morgan fingerprint density at radius 1 is 1.14 bits per heavy atom. The number of para-hydroxylation sites is 1. The van der Waals surface area contributed by atoms with Crippen molar-refractivity contribution in [2.24, 2.45) is 0 Å². The van der Waals surface area contributed by atoms with Gasteiger partial charge in [-0.3, -0.25) is 10.1 Å². The van der Waals surface area contributed by atoms with E-state index < -0.39 is 10.9 Å². The van der Waals surface area contributed by atoms with Gasteiger partial charge in [-0.1, -0.05) is 18.2 Å². The first-order valence-corrected chi connectivity index (χ1v) is 6.52. The highest BCUT2D eigenvalue weighted by molar-refractivity contribution is 5.92. The third-order valence-corrected chi connectivity index (χ3v) is 3.14. The minimum atomic E-state index is -0.574. The van der Waals surface area contributed by atoms with Crippen LogP contribution in [0.2, 0.25) is 0 Å². The van der Waals surface area contributed by atoms with Crippen LogP contribution in [0.25, 0.3) is 11.0 Å². The van der Waals surface area contributed by atoms with Crippen LogP contribution in [0.4, 0.5) is 5.69 Å². The van der Waals surface area contributed by atoms with Gasteiger partial charge >= 0.3 is 5.97 Å². The van der Waals surface area contributed by atoms with Gasteiger partial charge in [0.05, 0.1) is 4.92 Å². The molecule has 0 radical (unpaired) electrons. The summed E-state index contributed by atoms with van der Waals surface area (Å²) in [6.45, 7) is 0.0217. The molecule has 0 fully saturated rings. The summed E-state index contributed by atoms with van der Waals surface area (Å²) >= 11 is 0. The van der Waals surface area contributed by atoms with Gasteiger partial charge in [-0.15, -0.1) is 0 Å². The van der Waals surface area contributed by atoms with Crippen LogP contribution in [0.1, 0.15) is 16.1 Å². The first-order chi connectivity index (χ1) is 10.6. The van der Waals surface area contributed by atoms with Gasteiger partial charge in [-0.25, -0.2) is 4.79 Å². The van der Waals surface area contributed by atoms with Crippen LogP contribution in [0, 0.1) is 10.1 Å². The zero-order chi connectivity index (χ0) is 15.5. The van der Waals surface area contributed by atoms with E-state index in [0.29, 0.717) is 11.1 Å². The molecule has 0 atom stereocenters. The lowest BCUT2D eigenvalue weighted by Gasteiger charge is -2.02. The quantitative estimate of drug-likeness (QED) is 0.416. The second-order valence-corrected chi connectivity index (χ2v) is 4.65. The van der Waals surface area contributed by atoms with Gasteiger partial charge in [0.2, 0.25) is 5.76 Å². The van der Waals surface area contributed by atoms with Crippen molar-refractivity contribution in [3.8, 4) is 0 Å². The van der Waals surface area contributed by atoms with Crippen LogP contribution < -0.4 is 0 Å². The fraction of sp³-hybridized carbons (Fsp3) is 0.0625. The molecule has 2 aromatic carbocycles.